The van der Waals surface area contributed by atoms with E-state index in [2.05, 4.69) is 77.7 Å². The molecule has 0 amide bonds. The van der Waals surface area contributed by atoms with Crippen LogP contribution in [0.5, 0.6) is 11.5 Å². The third kappa shape index (κ3) is 6.31. The lowest BCUT2D eigenvalue weighted by atomic mass is 10.0. The van der Waals surface area contributed by atoms with Crippen molar-refractivity contribution in [3.05, 3.63) is 108 Å². The molecule has 1 fully saturated rings. The van der Waals surface area contributed by atoms with Gasteiger partial charge >= 0.3 is 5.97 Å². The van der Waals surface area contributed by atoms with Gasteiger partial charge in [-0.2, -0.15) is 0 Å². The molecule has 0 aliphatic carbocycles. The summed E-state index contributed by atoms with van der Waals surface area (Å²) in [5, 5.41) is 9.78. The van der Waals surface area contributed by atoms with Gasteiger partial charge in [0.2, 0.25) is 0 Å². The summed E-state index contributed by atoms with van der Waals surface area (Å²) in [6, 6.07) is 33.2. The van der Waals surface area contributed by atoms with Crippen molar-refractivity contribution in [2.75, 3.05) is 24.6 Å². The van der Waals surface area contributed by atoms with E-state index in [9.17, 15) is 4.79 Å². The fraction of sp³-hybridized carbons (Fsp3) is 0.200. The molecule has 6 nitrogen and oxygen atoms in total. The molecule has 212 valence electrons. The van der Waals surface area contributed by atoms with Gasteiger partial charge in [0, 0.05) is 24.3 Å². The predicted molar refractivity (Wildman–Crippen MR) is 169 cm³/mol. The number of carboxylic acid groups (broad SMARTS) is 1. The van der Waals surface area contributed by atoms with E-state index >= 15 is 0 Å². The van der Waals surface area contributed by atoms with Gasteiger partial charge in [0.1, 0.15) is 23.1 Å². The monoisotopic (exact) mass is 576 g/mol. The van der Waals surface area contributed by atoms with Crippen molar-refractivity contribution in [2.24, 2.45) is 0 Å². The van der Waals surface area contributed by atoms with Crippen LogP contribution in [0.25, 0.3) is 32.8 Å². The minimum Gasteiger partial charge on any atom is -0.486 e. The van der Waals surface area contributed by atoms with Crippen LogP contribution < -0.4 is 14.4 Å². The molecule has 0 unspecified atom stereocenters. The maximum Gasteiger partial charge on any atom is 0.341 e. The van der Waals surface area contributed by atoms with Crippen LogP contribution in [0.4, 0.5) is 5.69 Å². The molecule has 0 saturated carbocycles. The van der Waals surface area contributed by atoms with Gasteiger partial charge in [0.15, 0.2) is 6.61 Å². The number of aliphatic carboxylic acids is 1. The maximum atomic E-state index is 10.9. The number of anilines is 1. The van der Waals surface area contributed by atoms with Gasteiger partial charge in [-0.15, -0.1) is 11.3 Å². The molecular weight excluding hydrogens is 544 g/mol. The van der Waals surface area contributed by atoms with Crippen molar-refractivity contribution in [1.29, 1.82) is 0 Å². The number of rotatable bonds is 10. The lowest BCUT2D eigenvalue weighted by Gasteiger charge is -2.18. The van der Waals surface area contributed by atoms with E-state index in [1.165, 1.54) is 29.7 Å². The first-order valence-electron chi connectivity index (χ1n) is 14.1. The molecule has 0 atom stereocenters. The quantitative estimate of drug-likeness (QED) is 0.181. The summed E-state index contributed by atoms with van der Waals surface area (Å²) < 4.78 is 11.5. The van der Waals surface area contributed by atoms with E-state index in [4.69, 9.17) is 19.6 Å². The molecule has 7 heteroatoms. The second kappa shape index (κ2) is 12.5. The Morgan fingerprint density at radius 1 is 0.833 bits per heavy atom. The Morgan fingerprint density at radius 3 is 2.29 bits per heavy atom. The van der Waals surface area contributed by atoms with Crippen LogP contribution in [0.2, 0.25) is 0 Å². The predicted octanol–water partition coefficient (Wildman–Crippen LogP) is 8.10. The van der Waals surface area contributed by atoms with Crippen molar-refractivity contribution in [1.82, 2.24) is 4.98 Å². The van der Waals surface area contributed by atoms with Crippen molar-refractivity contribution in [3.63, 3.8) is 0 Å². The largest absolute Gasteiger partial charge is 0.486 e. The molecule has 6 rings (SSSR count). The number of carboxylic acids is 1. The van der Waals surface area contributed by atoms with Gasteiger partial charge in [-0.05, 0) is 72.4 Å². The van der Waals surface area contributed by atoms with Gasteiger partial charge in [0.25, 0.3) is 0 Å². The molecule has 0 spiro atoms. The highest BCUT2D eigenvalue weighted by Gasteiger charge is 2.18. The number of benzene rings is 4. The number of hydrogen-bond donors (Lipinski definition) is 1. The van der Waals surface area contributed by atoms with Gasteiger partial charge in [-0.1, -0.05) is 66.7 Å². The molecule has 1 aromatic heterocycles. The molecule has 1 aliphatic heterocycles. The van der Waals surface area contributed by atoms with Crippen LogP contribution in [0.3, 0.4) is 0 Å². The minimum atomic E-state index is -1.01. The fourth-order valence-electron chi connectivity index (χ4n) is 5.25. The Kier molecular flexibility index (Phi) is 8.19. The van der Waals surface area contributed by atoms with E-state index < -0.39 is 5.97 Å². The Balaban J connectivity index is 1.29. The van der Waals surface area contributed by atoms with E-state index in [-0.39, 0.29) is 6.61 Å². The highest BCUT2D eigenvalue weighted by molar-refractivity contribution is 7.15. The average molecular weight is 577 g/mol. The number of aromatic nitrogens is 1. The summed E-state index contributed by atoms with van der Waals surface area (Å²) in [4.78, 5) is 19.5. The Morgan fingerprint density at radius 2 is 1.55 bits per heavy atom. The average Bonchev–Trinajstić information content (AvgIpc) is 3.71. The maximum absolute atomic E-state index is 10.9. The number of aryl methyl sites for hydroxylation is 1. The normalized spacial score (nSPS) is 12.8. The van der Waals surface area contributed by atoms with Gasteiger partial charge in [-0.3, -0.25) is 0 Å². The summed E-state index contributed by atoms with van der Waals surface area (Å²) in [6.45, 7) is 3.99. The molecule has 0 radical (unpaired) electrons. The van der Waals surface area contributed by atoms with Crippen molar-refractivity contribution < 1.29 is 19.4 Å². The first-order chi connectivity index (χ1) is 20.5. The standard InChI is InChI=1S/C35H32N2O4S/c1-24-20-30(16-17-31(24)41-23-33(38)39)40-22-32-36-34(28-10-7-11-29(21-28)37-18-5-6-19-37)35(42-32)27-14-12-26(13-15-27)25-8-3-2-4-9-25/h2-4,7-17,20-21H,5-6,18-19,22-23H2,1H3,(H,38,39). The third-order valence-electron chi connectivity index (χ3n) is 7.38. The van der Waals surface area contributed by atoms with E-state index in [1.54, 1.807) is 23.5 Å². The van der Waals surface area contributed by atoms with E-state index in [0.717, 1.165) is 45.4 Å². The zero-order valence-corrected chi connectivity index (χ0v) is 24.3. The molecular formula is C35H32N2O4S. The van der Waals surface area contributed by atoms with Crippen LogP contribution in [0.15, 0.2) is 97.1 Å². The molecule has 2 heterocycles. The Labute approximate surface area is 249 Å². The third-order valence-corrected chi connectivity index (χ3v) is 8.45. The molecule has 4 aromatic carbocycles. The van der Waals surface area contributed by atoms with Crippen LogP contribution in [-0.4, -0.2) is 35.8 Å². The summed E-state index contributed by atoms with van der Waals surface area (Å²) >= 11 is 1.65. The number of thiazole rings is 1. The smallest absolute Gasteiger partial charge is 0.341 e. The molecule has 1 aliphatic rings. The number of nitrogens with zero attached hydrogens (tertiary/aromatic N) is 2. The number of ether oxygens (including phenoxy) is 2. The highest BCUT2D eigenvalue weighted by atomic mass is 32.1. The van der Waals surface area contributed by atoms with Crippen LogP contribution in [0.1, 0.15) is 23.4 Å². The molecule has 5 aromatic rings. The fourth-order valence-corrected chi connectivity index (χ4v) is 6.25. The second-order valence-electron chi connectivity index (χ2n) is 10.4. The molecule has 1 N–H and O–H groups in total. The highest BCUT2D eigenvalue weighted by Crippen LogP contribution is 2.39. The first kappa shape index (κ1) is 27.5. The molecule has 42 heavy (non-hydrogen) atoms. The van der Waals surface area contributed by atoms with Gasteiger partial charge < -0.3 is 19.5 Å². The first-order valence-corrected chi connectivity index (χ1v) is 14.9. The minimum absolute atomic E-state index is 0.320. The zero-order valence-electron chi connectivity index (χ0n) is 23.5. The van der Waals surface area contributed by atoms with Crippen molar-refractivity contribution in [2.45, 2.75) is 26.4 Å². The molecule has 1 saturated heterocycles. The van der Waals surface area contributed by atoms with Crippen LogP contribution >= 0.6 is 11.3 Å². The summed E-state index contributed by atoms with van der Waals surface area (Å²) in [5.41, 5.74) is 7.59. The van der Waals surface area contributed by atoms with E-state index in [0.29, 0.717) is 18.1 Å². The van der Waals surface area contributed by atoms with Gasteiger partial charge in [0.05, 0.1) is 10.6 Å². The topological polar surface area (TPSA) is 71.9 Å². The van der Waals surface area contributed by atoms with Crippen molar-refractivity contribution in [3.8, 4) is 44.3 Å². The zero-order chi connectivity index (χ0) is 28.9. The van der Waals surface area contributed by atoms with Crippen LogP contribution in [0, 0.1) is 6.92 Å². The SMILES string of the molecule is Cc1cc(OCc2nc(-c3cccc(N4CCCC4)c3)c(-c3ccc(-c4ccccc4)cc3)s2)ccc1OCC(=O)O. The van der Waals surface area contributed by atoms with E-state index in [1.807, 2.05) is 19.1 Å². The Bertz CT molecular complexity index is 1680. The summed E-state index contributed by atoms with van der Waals surface area (Å²) in [6.07, 6.45) is 2.46. The summed E-state index contributed by atoms with van der Waals surface area (Å²) in [7, 11) is 0. The number of hydrogen-bond acceptors (Lipinski definition) is 6. The lowest BCUT2D eigenvalue weighted by molar-refractivity contribution is -0.139. The van der Waals surface area contributed by atoms with Crippen molar-refractivity contribution >= 4 is 23.0 Å². The molecule has 0 bridgehead atoms. The van der Waals surface area contributed by atoms with Crippen LogP contribution in [-0.2, 0) is 11.4 Å². The van der Waals surface area contributed by atoms with Gasteiger partial charge in [-0.25, -0.2) is 9.78 Å². The lowest BCUT2D eigenvalue weighted by Crippen LogP contribution is -2.17. The summed E-state index contributed by atoms with van der Waals surface area (Å²) in [5.74, 6) is 0.197. The number of carbonyl (C=O) groups is 1. The Hall–Kier alpha value is -4.62. The second-order valence-corrected chi connectivity index (χ2v) is 11.5.